The normalized spacial score (nSPS) is 23.8. The SMILES string of the molecule is N#C[C@H]1C[C@H](N2CCc3c(-c4cnc(N)nc4)nc(N4CCOCC4)nc32)C1. The molecule has 9 heteroatoms. The molecule has 4 heterocycles. The number of nitrogen functional groups attached to an aromatic ring is 1. The van der Waals surface area contributed by atoms with Gasteiger partial charge in [-0.05, 0) is 19.3 Å². The van der Waals surface area contributed by atoms with Gasteiger partial charge in [0.25, 0.3) is 0 Å². The molecular formula is C19H22N8O. The molecule has 1 aliphatic carbocycles. The number of nitriles is 1. The maximum atomic E-state index is 9.13. The van der Waals surface area contributed by atoms with E-state index in [1.54, 1.807) is 12.4 Å². The highest BCUT2D eigenvalue weighted by atomic mass is 16.5. The predicted molar refractivity (Wildman–Crippen MR) is 104 cm³/mol. The summed E-state index contributed by atoms with van der Waals surface area (Å²) in [6.45, 7) is 3.81. The lowest BCUT2D eigenvalue weighted by Crippen LogP contribution is -2.44. The minimum absolute atomic E-state index is 0.166. The lowest BCUT2D eigenvalue weighted by atomic mass is 9.80. The Morgan fingerprint density at radius 2 is 1.86 bits per heavy atom. The van der Waals surface area contributed by atoms with Crippen LogP contribution in [0.1, 0.15) is 18.4 Å². The topological polar surface area (TPSA) is 117 Å². The highest BCUT2D eigenvalue weighted by Crippen LogP contribution is 2.41. The molecule has 0 spiro atoms. The molecule has 2 aromatic heterocycles. The number of nitrogens with two attached hydrogens (primary N) is 1. The molecule has 28 heavy (non-hydrogen) atoms. The Bertz CT molecular complexity index is 913. The van der Waals surface area contributed by atoms with E-state index in [-0.39, 0.29) is 11.9 Å². The van der Waals surface area contributed by atoms with Crippen LogP contribution in [0.3, 0.4) is 0 Å². The largest absolute Gasteiger partial charge is 0.378 e. The number of hydrogen-bond acceptors (Lipinski definition) is 9. The maximum Gasteiger partial charge on any atom is 0.228 e. The van der Waals surface area contributed by atoms with Crippen LogP contribution in [-0.2, 0) is 11.2 Å². The Balaban J connectivity index is 1.56. The lowest BCUT2D eigenvalue weighted by molar-refractivity contribution is 0.122. The molecule has 2 N–H and O–H groups in total. The van der Waals surface area contributed by atoms with E-state index in [4.69, 9.17) is 25.7 Å². The van der Waals surface area contributed by atoms with Crippen molar-refractivity contribution in [2.45, 2.75) is 25.3 Å². The summed E-state index contributed by atoms with van der Waals surface area (Å²) in [5.74, 6) is 2.13. The van der Waals surface area contributed by atoms with Gasteiger partial charge < -0.3 is 20.3 Å². The molecule has 0 bridgehead atoms. The van der Waals surface area contributed by atoms with Crippen molar-refractivity contribution in [2.24, 2.45) is 5.92 Å². The van der Waals surface area contributed by atoms with Crippen molar-refractivity contribution in [3.05, 3.63) is 18.0 Å². The molecule has 2 fully saturated rings. The van der Waals surface area contributed by atoms with E-state index in [2.05, 4.69) is 25.8 Å². The minimum Gasteiger partial charge on any atom is -0.378 e. The van der Waals surface area contributed by atoms with Gasteiger partial charge in [-0.15, -0.1) is 0 Å². The smallest absolute Gasteiger partial charge is 0.228 e. The van der Waals surface area contributed by atoms with E-state index in [1.165, 1.54) is 0 Å². The average Bonchev–Trinajstić information content (AvgIpc) is 3.12. The first-order chi connectivity index (χ1) is 13.7. The first kappa shape index (κ1) is 17.1. The van der Waals surface area contributed by atoms with E-state index < -0.39 is 0 Å². The summed E-state index contributed by atoms with van der Waals surface area (Å²) >= 11 is 0. The van der Waals surface area contributed by atoms with Gasteiger partial charge in [0, 0.05) is 49.2 Å². The van der Waals surface area contributed by atoms with Crippen LogP contribution in [0.2, 0.25) is 0 Å². The summed E-state index contributed by atoms with van der Waals surface area (Å²) in [7, 11) is 0. The van der Waals surface area contributed by atoms with Gasteiger partial charge >= 0.3 is 0 Å². The highest BCUT2D eigenvalue weighted by molar-refractivity contribution is 5.72. The van der Waals surface area contributed by atoms with Crippen molar-refractivity contribution >= 4 is 17.7 Å². The first-order valence-electron chi connectivity index (χ1n) is 9.70. The number of ether oxygens (including phenoxy) is 1. The first-order valence-corrected chi connectivity index (χ1v) is 9.70. The van der Waals surface area contributed by atoms with Crippen LogP contribution in [0.15, 0.2) is 12.4 Å². The molecule has 0 radical (unpaired) electrons. The number of aromatic nitrogens is 4. The Labute approximate surface area is 163 Å². The molecule has 0 atom stereocenters. The fraction of sp³-hybridized carbons (Fsp3) is 0.526. The molecule has 1 saturated heterocycles. The lowest BCUT2D eigenvalue weighted by Gasteiger charge is -2.39. The van der Waals surface area contributed by atoms with Crippen molar-refractivity contribution in [1.29, 1.82) is 5.26 Å². The molecule has 0 unspecified atom stereocenters. The van der Waals surface area contributed by atoms with Gasteiger partial charge in [0.05, 0.1) is 30.9 Å². The van der Waals surface area contributed by atoms with Crippen LogP contribution in [-0.4, -0.2) is 58.8 Å². The van der Waals surface area contributed by atoms with E-state index in [0.29, 0.717) is 19.3 Å². The van der Waals surface area contributed by atoms with Crippen LogP contribution in [0, 0.1) is 17.2 Å². The monoisotopic (exact) mass is 378 g/mol. The molecule has 5 rings (SSSR count). The Kier molecular flexibility index (Phi) is 4.20. The van der Waals surface area contributed by atoms with Crippen LogP contribution in [0.5, 0.6) is 0 Å². The number of morpholine rings is 1. The second kappa shape index (κ2) is 6.87. The van der Waals surface area contributed by atoms with Crippen LogP contribution in [0.25, 0.3) is 11.3 Å². The molecule has 2 aromatic rings. The minimum atomic E-state index is 0.166. The molecule has 2 aliphatic heterocycles. The van der Waals surface area contributed by atoms with Crippen molar-refractivity contribution in [3.8, 4) is 17.3 Å². The van der Waals surface area contributed by atoms with Crippen LogP contribution >= 0.6 is 0 Å². The Hall–Kier alpha value is -2.99. The number of nitrogens with zero attached hydrogens (tertiary/aromatic N) is 7. The average molecular weight is 378 g/mol. The number of fused-ring (bicyclic) bond motifs is 1. The third kappa shape index (κ3) is 2.90. The van der Waals surface area contributed by atoms with Gasteiger partial charge in [-0.2, -0.15) is 10.2 Å². The van der Waals surface area contributed by atoms with Gasteiger partial charge in [-0.25, -0.2) is 15.0 Å². The Morgan fingerprint density at radius 1 is 1.11 bits per heavy atom. The Morgan fingerprint density at radius 3 is 2.57 bits per heavy atom. The summed E-state index contributed by atoms with van der Waals surface area (Å²) in [6, 6.07) is 2.76. The van der Waals surface area contributed by atoms with Gasteiger partial charge in [0.1, 0.15) is 5.82 Å². The van der Waals surface area contributed by atoms with E-state index in [0.717, 1.165) is 67.5 Å². The number of rotatable bonds is 3. The van der Waals surface area contributed by atoms with Crippen LogP contribution in [0.4, 0.5) is 17.7 Å². The second-order valence-electron chi connectivity index (χ2n) is 7.50. The highest BCUT2D eigenvalue weighted by Gasteiger charge is 2.39. The van der Waals surface area contributed by atoms with Crippen molar-refractivity contribution in [1.82, 2.24) is 19.9 Å². The summed E-state index contributed by atoms with van der Waals surface area (Å²) in [5, 5.41) is 9.13. The van der Waals surface area contributed by atoms with Crippen molar-refractivity contribution < 1.29 is 4.74 Å². The van der Waals surface area contributed by atoms with Gasteiger partial charge in [0.2, 0.25) is 11.9 Å². The third-order valence-corrected chi connectivity index (χ3v) is 5.82. The van der Waals surface area contributed by atoms with Crippen LogP contribution < -0.4 is 15.5 Å². The van der Waals surface area contributed by atoms with Gasteiger partial charge in [-0.1, -0.05) is 0 Å². The molecule has 0 aromatic carbocycles. The summed E-state index contributed by atoms with van der Waals surface area (Å²) in [4.78, 5) is 22.7. The molecular weight excluding hydrogens is 356 g/mol. The fourth-order valence-electron chi connectivity index (χ4n) is 4.17. The van der Waals surface area contributed by atoms with Gasteiger partial charge in [0.15, 0.2) is 0 Å². The predicted octanol–water partition coefficient (Wildman–Crippen LogP) is 1.02. The molecule has 3 aliphatic rings. The zero-order valence-corrected chi connectivity index (χ0v) is 15.6. The molecule has 0 amide bonds. The zero-order chi connectivity index (χ0) is 19.1. The standard InChI is InChI=1S/C19H22N8O/c20-9-12-7-14(8-12)27-2-1-15-16(13-10-22-18(21)23-11-13)24-19(25-17(15)27)26-3-5-28-6-4-26/h10-12,14H,1-8H2,(H2,21,22,23)/t12-,14-. The van der Waals surface area contributed by atoms with Crippen molar-refractivity contribution in [3.63, 3.8) is 0 Å². The summed E-state index contributed by atoms with van der Waals surface area (Å²) in [6.07, 6.45) is 6.16. The molecule has 9 nitrogen and oxygen atoms in total. The summed E-state index contributed by atoms with van der Waals surface area (Å²) in [5.41, 5.74) is 8.53. The molecule has 144 valence electrons. The summed E-state index contributed by atoms with van der Waals surface area (Å²) < 4.78 is 5.48. The van der Waals surface area contributed by atoms with E-state index in [1.807, 2.05) is 0 Å². The quantitative estimate of drug-likeness (QED) is 0.835. The maximum absolute atomic E-state index is 9.13. The van der Waals surface area contributed by atoms with E-state index in [9.17, 15) is 0 Å². The van der Waals surface area contributed by atoms with Crippen molar-refractivity contribution in [2.75, 3.05) is 48.4 Å². The number of anilines is 3. The van der Waals surface area contributed by atoms with E-state index >= 15 is 0 Å². The fourth-order valence-corrected chi connectivity index (χ4v) is 4.17. The number of hydrogen-bond donors (Lipinski definition) is 1. The second-order valence-corrected chi connectivity index (χ2v) is 7.50. The zero-order valence-electron chi connectivity index (χ0n) is 15.6. The molecule has 1 saturated carbocycles. The third-order valence-electron chi connectivity index (χ3n) is 5.82. The van der Waals surface area contributed by atoms with Gasteiger partial charge in [-0.3, -0.25) is 0 Å².